The van der Waals surface area contributed by atoms with Gasteiger partial charge in [0.15, 0.2) is 0 Å². The van der Waals surface area contributed by atoms with Gasteiger partial charge in [0.2, 0.25) is 5.95 Å². The van der Waals surface area contributed by atoms with Gasteiger partial charge in [0.25, 0.3) is 5.91 Å². The van der Waals surface area contributed by atoms with Crippen molar-refractivity contribution in [3.05, 3.63) is 77.6 Å². The highest BCUT2D eigenvalue weighted by Gasteiger charge is 2.26. The molecule has 1 aromatic heterocycles. The molecule has 0 spiro atoms. The molecule has 2 aromatic carbocycles. The monoisotopic (exact) mass is 372 g/mol. The molecule has 5 nitrogen and oxygen atoms in total. The van der Waals surface area contributed by atoms with E-state index in [-0.39, 0.29) is 11.3 Å². The third-order valence-corrected chi connectivity index (χ3v) is 5.01. The van der Waals surface area contributed by atoms with Crippen molar-refractivity contribution in [2.75, 3.05) is 16.8 Å². The predicted octanol–water partition coefficient (Wildman–Crippen LogP) is 4.72. The maximum Gasteiger partial charge on any atom is 0.277 e. The molecule has 0 bridgehead atoms. The van der Waals surface area contributed by atoms with Gasteiger partial charge in [-0.1, -0.05) is 51.1 Å². The van der Waals surface area contributed by atoms with Crippen molar-refractivity contribution in [3.8, 4) is 0 Å². The highest BCUT2D eigenvalue weighted by atomic mass is 16.2. The average molecular weight is 372 g/mol. The highest BCUT2D eigenvalue weighted by molar-refractivity contribution is 6.06. The molecule has 1 aliphatic heterocycles. The molecule has 0 unspecified atom stereocenters. The number of carbonyl (C=O) groups is 1. The van der Waals surface area contributed by atoms with E-state index in [1.165, 1.54) is 11.1 Å². The van der Waals surface area contributed by atoms with Crippen molar-refractivity contribution in [1.29, 1.82) is 0 Å². The third kappa shape index (κ3) is 3.60. The predicted molar refractivity (Wildman–Crippen MR) is 112 cm³/mol. The summed E-state index contributed by atoms with van der Waals surface area (Å²) in [5, 5.41) is 3.19. The molecule has 0 atom stereocenters. The van der Waals surface area contributed by atoms with E-state index in [4.69, 9.17) is 0 Å². The fourth-order valence-corrected chi connectivity index (χ4v) is 3.41. The molecule has 5 heteroatoms. The number of hydrogen-bond acceptors (Lipinski definition) is 4. The van der Waals surface area contributed by atoms with Crippen molar-refractivity contribution in [2.45, 2.75) is 32.6 Å². The molecule has 1 aliphatic rings. The van der Waals surface area contributed by atoms with E-state index >= 15 is 0 Å². The van der Waals surface area contributed by atoms with Crippen LogP contribution in [0.25, 0.3) is 0 Å². The molecule has 0 aliphatic carbocycles. The maximum absolute atomic E-state index is 13.0. The normalized spacial score (nSPS) is 13.3. The first-order valence-corrected chi connectivity index (χ1v) is 9.52. The fraction of sp³-hybridized carbons (Fsp3) is 0.261. The van der Waals surface area contributed by atoms with Crippen LogP contribution in [0.5, 0.6) is 0 Å². The lowest BCUT2D eigenvalue weighted by Crippen LogP contribution is -2.29. The van der Waals surface area contributed by atoms with E-state index < -0.39 is 0 Å². The minimum atomic E-state index is -0.0986. The van der Waals surface area contributed by atoms with Crippen LogP contribution in [0.2, 0.25) is 0 Å². The molecule has 0 saturated heterocycles. The molecule has 0 saturated carbocycles. The highest BCUT2D eigenvalue weighted by Crippen LogP contribution is 2.29. The van der Waals surface area contributed by atoms with E-state index in [1.807, 2.05) is 30.3 Å². The summed E-state index contributed by atoms with van der Waals surface area (Å²) < 4.78 is 0. The van der Waals surface area contributed by atoms with Crippen LogP contribution < -0.4 is 10.2 Å². The summed E-state index contributed by atoms with van der Waals surface area (Å²) in [6.07, 6.45) is 2.49. The molecule has 142 valence electrons. The zero-order valence-electron chi connectivity index (χ0n) is 16.4. The van der Waals surface area contributed by atoms with Crippen molar-refractivity contribution in [1.82, 2.24) is 9.97 Å². The molecule has 2 heterocycles. The van der Waals surface area contributed by atoms with E-state index in [1.54, 1.807) is 17.2 Å². The summed E-state index contributed by atoms with van der Waals surface area (Å²) >= 11 is 0. The lowest BCUT2D eigenvalue weighted by Gasteiger charge is -2.19. The average Bonchev–Trinajstić information content (AvgIpc) is 3.11. The van der Waals surface area contributed by atoms with Crippen LogP contribution >= 0.6 is 0 Å². The fourth-order valence-electron chi connectivity index (χ4n) is 3.41. The van der Waals surface area contributed by atoms with Crippen LogP contribution in [0, 0.1) is 0 Å². The summed E-state index contributed by atoms with van der Waals surface area (Å²) in [6, 6.07) is 17.9. The number of benzene rings is 2. The Kier molecular flexibility index (Phi) is 4.59. The van der Waals surface area contributed by atoms with Gasteiger partial charge in [0.05, 0.1) is 0 Å². The zero-order valence-corrected chi connectivity index (χ0v) is 16.4. The number of nitrogens with one attached hydrogen (secondary N) is 1. The van der Waals surface area contributed by atoms with Gasteiger partial charge in [-0.05, 0) is 47.2 Å². The molecule has 4 rings (SSSR count). The maximum atomic E-state index is 13.0. The first kappa shape index (κ1) is 18.2. The van der Waals surface area contributed by atoms with Crippen LogP contribution in [0.15, 0.2) is 60.8 Å². The van der Waals surface area contributed by atoms with Gasteiger partial charge in [-0.3, -0.25) is 4.79 Å². The smallest absolute Gasteiger partial charge is 0.277 e. The van der Waals surface area contributed by atoms with Gasteiger partial charge >= 0.3 is 0 Å². The van der Waals surface area contributed by atoms with Crippen LogP contribution in [0.3, 0.4) is 0 Å². The molecule has 0 radical (unpaired) electrons. The minimum Gasteiger partial charge on any atom is -0.324 e. The van der Waals surface area contributed by atoms with Crippen molar-refractivity contribution in [3.63, 3.8) is 0 Å². The van der Waals surface area contributed by atoms with E-state index in [9.17, 15) is 4.79 Å². The van der Waals surface area contributed by atoms with Gasteiger partial charge in [-0.2, -0.15) is 0 Å². The number of carbonyl (C=O) groups excluding carboxylic acids is 1. The molecule has 3 aromatic rings. The van der Waals surface area contributed by atoms with Crippen LogP contribution in [0.4, 0.5) is 17.3 Å². The molecule has 1 N–H and O–H groups in total. The van der Waals surface area contributed by atoms with Crippen LogP contribution in [-0.4, -0.2) is 22.4 Å². The van der Waals surface area contributed by atoms with Crippen LogP contribution in [0.1, 0.15) is 42.4 Å². The Morgan fingerprint density at radius 1 is 1.04 bits per heavy atom. The van der Waals surface area contributed by atoms with Crippen molar-refractivity contribution >= 4 is 23.2 Å². The Bertz CT molecular complexity index is 1010. The Hall–Kier alpha value is -3.21. The van der Waals surface area contributed by atoms with Gasteiger partial charge < -0.3 is 10.2 Å². The van der Waals surface area contributed by atoms with E-state index in [0.29, 0.717) is 18.2 Å². The van der Waals surface area contributed by atoms with E-state index in [2.05, 4.69) is 54.3 Å². The number of nitrogens with zero attached hydrogens (tertiary/aromatic N) is 3. The molecular formula is C23H24N4O. The third-order valence-electron chi connectivity index (χ3n) is 5.01. The molecule has 0 fully saturated rings. The summed E-state index contributed by atoms with van der Waals surface area (Å²) in [4.78, 5) is 23.5. The number of amides is 1. The SMILES string of the molecule is CC(C)(C)c1ccc(Nc2nccc(C(=O)N3CCc4ccccc43)n2)cc1. The summed E-state index contributed by atoms with van der Waals surface area (Å²) in [7, 11) is 0. The Labute approximate surface area is 165 Å². The number of rotatable bonds is 3. The summed E-state index contributed by atoms with van der Waals surface area (Å²) in [6.45, 7) is 7.23. The van der Waals surface area contributed by atoms with Gasteiger partial charge in [0, 0.05) is 24.1 Å². The standard InChI is InChI=1S/C23H24N4O/c1-23(2,3)17-8-10-18(11-9-17)25-22-24-14-12-19(26-22)21(28)27-15-13-16-6-4-5-7-20(16)27/h4-12,14H,13,15H2,1-3H3,(H,24,25,26). The van der Waals surface area contributed by atoms with Crippen LogP contribution in [-0.2, 0) is 11.8 Å². The number of para-hydroxylation sites is 1. The Balaban J connectivity index is 1.53. The Morgan fingerprint density at radius 3 is 2.54 bits per heavy atom. The quantitative estimate of drug-likeness (QED) is 0.723. The second-order valence-corrected chi connectivity index (χ2v) is 8.05. The number of fused-ring (bicyclic) bond motifs is 1. The Morgan fingerprint density at radius 2 is 1.79 bits per heavy atom. The van der Waals surface area contributed by atoms with Gasteiger partial charge in [-0.25, -0.2) is 9.97 Å². The molecule has 28 heavy (non-hydrogen) atoms. The molecular weight excluding hydrogens is 348 g/mol. The van der Waals surface area contributed by atoms with Crippen molar-refractivity contribution in [2.24, 2.45) is 0 Å². The lowest BCUT2D eigenvalue weighted by atomic mass is 9.87. The lowest BCUT2D eigenvalue weighted by molar-refractivity contribution is 0.0984. The zero-order chi connectivity index (χ0) is 19.7. The topological polar surface area (TPSA) is 58.1 Å². The second kappa shape index (κ2) is 7.08. The van der Waals surface area contributed by atoms with Gasteiger partial charge in [-0.15, -0.1) is 0 Å². The van der Waals surface area contributed by atoms with E-state index in [0.717, 1.165) is 17.8 Å². The summed E-state index contributed by atoms with van der Waals surface area (Å²) in [5.41, 5.74) is 4.81. The first-order chi connectivity index (χ1) is 13.4. The minimum absolute atomic E-state index is 0.0986. The summed E-state index contributed by atoms with van der Waals surface area (Å²) in [5.74, 6) is 0.320. The number of anilines is 3. The molecule has 1 amide bonds. The first-order valence-electron chi connectivity index (χ1n) is 9.52. The number of aromatic nitrogens is 2. The van der Waals surface area contributed by atoms with Crippen molar-refractivity contribution < 1.29 is 4.79 Å². The van der Waals surface area contributed by atoms with Gasteiger partial charge in [0.1, 0.15) is 5.69 Å². The second-order valence-electron chi connectivity index (χ2n) is 8.05. The number of hydrogen-bond donors (Lipinski definition) is 1. The largest absolute Gasteiger partial charge is 0.324 e.